The highest BCUT2D eigenvalue weighted by Crippen LogP contribution is 2.37. The number of anilines is 1. The minimum atomic E-state index is 0.176. The third-order valence-corrected chi connectivity index (χ3v) is 4.15. The number of nitrogens with zero attached hydrogens (tertiary/aromatic N) is 2. The number of benzene rings is 1. The van der Waals surface area contributed by atoms with E-state index in [-0.39, 0.29) is 11.8 Å². The van der Waals surface area contributed by atoms with Crippen LogP contribution < -0.4 is 10.2 Å². The number of carbonyl (C=O) groups excluding carboxylic acids is 1. The van der Waals surface area contributed by atoms with Crippen LogP contribution in [-0.4, -0.2) is 25.0 Å². The molecule has 4 nitrogen and oxygen atoms in total. The van der Waals surface area contributed by atoms with Gasteiger partial charge in [-0.05, 0) is 30.0 Å². The Hall–Kier alpha value is -2.10. The van der Waals surface area contributed by atoms with Crippen LogP contribution in [0.25, 0.3) is 10.9 Å². The quantitative estimate of drug-likeness (QED) is 0.938. The van der Waals surface area contributed by atoms with Gasteiger partial charge in [-0.3, -0.25) is 4.79 Å². The zero-order valence-electron chi connectivity index (χ0n) is 12.8. The maximum Gasteiger partial charge on any atom is 0.223 e. The topological polar surface area (TPSA) is 45.2 Å². The lowest BCUT2D eigenvalue weighted by Gasteiger charge is -2.15. The van der Waals surface area contributed by atoms with Gasteiger partial charge in [0.25, 0.3) is 0 Å². The van der Waals surface area contributed by atoms with Crippen molar-refractivity contribution in [2.45, 2.75) is 19.9 Å². The first-order chi connectivity index (χ1) is 10.1. The van der Waals surface area contributed by atoms with Gasteiger partial charge in [0.1, 0.15) is 5.82 Å². The molecule has 1 heterocycles. The third-order valence-electron chi connectivity index (χ3n) is 4.15. The second-order valence-corrected chi connectivity index (χ2v) is 6.09. The first kappa shape index (κ1) is 13.9. The van der Waals surface area contributed by atoms with Crippen LogP contribution in [0, 0.1) is 11.8 Å². The number of rotatable bonds is 4. The molecule has 1 aliphatic carbocycles. The SMILES string of the molecule is C[C@@H]1C[C@H]1C(=O)NCc1cc(N(C)C)nc2ccccc12. The smallest absolute Gasteiger partial charge is 0.223 e. The van der Waals surface area contributed by atoms with E-state index in [4.69, 9.17) is 0 Å². The molecular formula is C17H21N3O. The number of fused-ring (bicyclic) bond motifs is 1. The lowest BCUT2D eigenvalue weighted by Crippen LogP contribution is -2.25. The standard InChI is InChI=1S/C17H21N3O/c1-11-8-14(11)17(21)18-10-12-9-16(20(2)3)19-15-7-5-4-6-13(12)15/h4-7,9,11,14H,8,10H2,1-3H3,(H,18,21)/t11-,14-/m1/s1. The highest BCUT2D eigenvalue weighted by molar-refractivity contribution is 5.85. The van der Waals surface area contributed by atoms with Crippen LogP contribution in [0.4, 0.5) is 5.82 Å². The van der Waals surface area contributed by atoms with Crippen LogP contribution in [-0.2, 0) is 11.3 Å². The average Bonchev–Trinajstić information content (AvgIpc) is 3.21. The molecule has 1 aromatic carbocycles. The van der Waals surface area contributed by atoms with E-state index in [2.05, 4.69) is 29.4 Å². The minimum Gasteiger partial charge on any atom is -0.363 e. The maximum atomic E-state index is 12.0. The molecule has 0 saturated heterocycles. The molecule has 1 N–H and O–H groups in total. The van der Waals surface area contributed by atoms with Gasteiger partial charge >= 0.3 is 0 Å². The van der Waals surface area contributed by atoms with Gasteiger partial charge in [-0.1, -0.05) is 25.1 Å². The van der Waals surface area contributed by atoms with Gasteiger partial charge < -0.3 is 10.2 Å². The highest BCUT2D eigenvalue weighted by Gasteiger charge is 2.38. The molecule has 1 aromatic heterocycles. The number of carbonyl (C=O) groups is 1. The first-order valence-corrected chi connectivity index (χ1v) is 7.40. The number of nitrogens with one attached hydrogen (secondary N) is 1. The Morgan fingerprint density at radius 3 is 2.76 bits per heavy atom. The summed E-state index contributed by atoms with van der Waals surface area (Å²) >= 11 is 0. The summed E-state index contributed by atoms with van der Waals surface area (Å²) in [7, 11) is 3.96. The predicted molar refractivity (Wildman–Crippen MR) is 85.2 cm³/mol. The van der Waals surface area contributed by atoms with Crippen molar-refractivity contribution in [3.05, 3.63) is 35.9 Å². The molecule has 0 aliphatic heterocycles. The van der Waals surface area contributed by atoms with E-state index >= 15 is 0 Å². The van der Waals surface area contributed by atoms with Crippen LogP contribution in [0.3, 0.4) is 0 Å². The molecule has 1 amide bonds. The molecule has 4 heteroatoms. The Morgan fingerprint density at radius 1 is 1.38 bits per heavy atom. The second-order valence-electron chi connectivity index (χ2n) is 6.09. The van der Waals surface area contributed by atoms with Crippen molar-refractivity contribution in [3.63, 3.8) is 0 Å². The van der Waals surface area contributed by atoms with Crippen molar-refractivity contribution in [2.24, 2.45) is 11.8 Å². The number of para-hydroxylation sites is 1. The van der Waals surface area contributed by atoms with E-state index in [1.165, 1.54) is 0 Å². The van der Waals surface area contributed by atoms with Gasteiger partial charge in [0.2, 0.25) is 5.91 Å². The summed E-state index contributed by atoms with van der Waals surface area (Å²) < 4.78 is 0. The number of aromatic nitrogens is 1. The summed E-state index contributed by atoms with van der Waals surface area (Å²) in [5, 5.41) is 4.17. The van der Waals surface area contributed by atoms with E-state index in [0.29, 0.717) is 12.5 Å². The Kier molecular flexibility index (Phi) is 3.53. The summed E-state index contributed by atoms with van der Waals surface area (Å²) in [6.07, 6.45) is 1.02. The van der Waals surface area contributed by atoms with Gasteiger partial charge in [-0.2, -0.15) is 0 Å². The zero-order valence-corrected chi connectivity index (χ0v) is 12.8. The molecule has 0 unspecified atom stereocenters. The minimum absolute atomic E-state index is 0.176. The molecule has 110 valence electrons. The Morgan fingerprint density at radius 2 is 2.10 bits per heavy atom. The van der Waals surface area contributed by atoms with Crippen molar-refractivity contribution in [1.29, 1.82) is 0 Å². The Labute approximate surface area is 125 Å². The average molecular weight is 283 g/mol. The molecule has 1 fully saturated rings. The summed E-state index contributed by atoms with van der Waals surface area (Å²) in [6.45, 7) is 2.68. The van der Waals surface area contributed by atoms with Crippen molar-refractivity contribution in [3.8, 4) is 0 Å². The molecule has 1 saturated carbocycles. The van der Waals surface area contributed by atoms with Crippen LogP contribution in [0.1, 0.15) is 18.9 Å². The zero-order chi connectivity index (χ0) is 15.0. The molecule has 0 radical (unpaired) electrons. The molecule has 0 spiro atoms. The molecule has 2 atom stereocenters. The summed E-state index contributed by atoms with van der Waals surface area (Å²) in [6, 6.07) is 10.1. The summed E-state index contributed by atoms with van der Waals surface area (Å²) in [4.78, 5) is 18.6. The van der Waals surface area contributed by atoms with E-state index < -0.39 is 0 Å². The Bertz CT molecular complexity index is 681. The first-order valence-electron chi connectivity index (χ1n) is 7.40. The van der Waals surface area contributed by atoms with E-state index in [1.807, 2.05) is 37.2 Å². The number of amides is 1. The molecule has 3 rings (SSSR count). The number of hydrogen-bond donors (Lipinski definition) is 1. The van der Waals surface area contributed by atoms with Crippen molar-refractivity contribution in [2.75, 3.05) is 19.0 Å². The fourth-order valence-corrected chi connectivity index (χ4v) is 2.61. The van der Waals surface area contributed by atoms with E-state index in [1.54, 1.807) is 0 Å². The van der Waals surface area contributed by atoms with Gasteiger partial charge in [0.15, 0.2) is 0 Å². The maximum absolute atomic E-state index is 12.0. The summed E-state index contributed by atoms with van der Waals surface area (Å²) in [5.41, 5.74) is 2.08. The normalized spacial score (nSPS) is 20.3. The second kappa shape index (κ2) is 5.35. The monoisotopic (exact) mass is 283 g/mol. The fourth-order valence-electron chi connectivity index (χ4n) is 2.61. The lowest BCUT2D eigenvalue weighted by molar-refractivity contribution is -0.122. The molecule has 0 bridgehead atoms. The van der Waals surface area contributed by atoms with Crippen LogP contribution in [0.15, 0.2) is 30.3 Å². The molecular weight excluding hydrogens is 262 g/mol. The van der Waals surface area contributed by atoms with Crippen molar-refractivity contribution in [1.82, 2.24) is 10.3 Å². The van der Waals surface area contributed by atoms with Gasteiger partial charge in [-0.15, -0.1) is 0 Å². The summed E-state index contributed by atoms with van der Waals surface area (Å²) in [5.74, 6) is 1.84. The lowest BCUT2D eigenvalue weighted by atomic mass is 10.1. The third kappa shape index (κ3) is 2.84. The van der Waals surface area contributed by atoms with E-state index in [9.17, 15) is 4.79 Å². The molecule has 2 aromatic rings. The van der Waals surface area contributed by atoms with Gasteiger partial charge in [0, 0.05) is 31.9 Å². The molecule has 21 heavy (non-hydrogen) atoms. The van der Waals surface area contributed by atoms with E-state index in [0.717, 1.165) is 28.7 Å². The van der Waals surface area contributed by atoms with Crippen LogP contribution >= 0.6 is 0 Å². The van der Waals surface area contributed by atoms with Gasteiger partial charge in [0.05, 0.1) is 5.52 Å². The van der Waals surface area contributed by atoms with Crippen molar-refractivity contribution >= 4 is 22.6 Å². The molecule has 1 aliphatic rings. The van der Waals surface area contributed by atoms with Crippen LogP contribution in [0.2, 0.25) is 0 Å². The Balaban J connectivity index is 1.87. The fraction of sp³-hybridized carbons (Fsp3) is 0.412. The van der Waals surface area contributed by atoms with Crippen LogP contribution in [0.5, 0.6) is 0 Å². The highest BCUT2D eigenvalue weighted by atomic mass is 16.2. The van der Waals surface area contributed by atoms with Crippen molar-refractivity contribution < 1.29 is 4.79 Å². The number of pyridine rings is 1. The van der Waals surface area contributed by atoms with Gasteiger partial charge in [-0.25, -0.2) is 4.98 Å². The predicted octanol–water partition coefficient (Wildman–Crippen LogP) is 2.57. The largest absolute Gasteiger partial charge is 0.363 e. The number of hydrogen-bond acceptors (Lipinski definition) is 3.